The summed E-state index contributed by atoms with van der Waals surface area (Å²) in [4.78, 5) is 15.1. The Morgan fingerprint density at radius 1 is 0.939 bits per heavy atom. The molecule has 33 heavy (non-hydrogen) atoms. The normalized spacial score (nSPS) is 14.9. The van der Waals surface area contributed by atoms with E-state index in [9.17, 15) is 4.79 Å². The van der Waals surface area contributed by atoms with Gasteiger partial charge in [-0.15, -0.1) is 0 Å². The van der Waals surface area contributed by atoms with E-state index in [-0.39, 0.29) is 5.91 Å². The number of thiocarbonyl (C=S) groups is 1. The highest BCUT2D eigenvalue weighted by atomic mass is 35.5. The molecule has 4 rings (SSSR count). The van der Waals surface area contributed by atoms with Crippen LogP contribution >= 0.6 is 58.8 Å². The Kier molecular flexibility index (Phi) is 7.67. The molecule has 0 N–H and O–H groups in total. The van der Waals surface area contributed by atoms with Crippen molar-refractivity contribution in [3.8, 4) is 5.75 Å². The smallest absolute Gasteiger partial charge is 0.266 e. The second-order valence-corrected chi connectivity index (χ2v) is 10.4. The van der Waals surface area contributed by atoms with Gasteiger partial charge in [0.1, 0.15) is 16.7 Å². The molecule has 1 amide bonds. The molecule has 0 atom stereocenters. The molecule has 1 aliphatic heterocycles. The van der Waals surface area contributed by atoms with Gasteiger partial charge in [-0.3, -0.25) is 9.69 Å². The molecule has 0 unspecified atom stereocenters. The van der Waals surface area contributed by atoms with Crippen molar-refractivity contribution in [3.05, 3.63) is 103 Å². The minimum absolute atomic E-state index is 0.110. The first-order valence-electron chi connectivity index (χ1n) is 9.97. The third kappa shape index (κ3) is 5.92. The van der Waals surface area contributed by atoms with Gasteiger partial charge in [-0.05, 0) is 54.0 Å². The van der Waals surface area contributed by atoms with Crippen LogP contribution in [-0.4, -0.2) is 15.1 Å². The monoisotopic (exact) mass is 533 g/mol. The summed E-state index contributed by atoms with van der Waals surface area (Å²) in [5.41, 5.74) is 3.87. The Hall–Kier alpha value is -2.02. The zero-order chi connectivity index (χ0) is 23.5. The summed E-state index contributed by atoms with van der Waals surface area (Å²) in [7, 11) is 0. The highest BCUT2D eigenvalue weighted by Gasteiger charge is 2.32. The summed E-state index contributed by atoms with van der Waals surface area (Å²) >= 11 is 25.2. The first-order valence-corrected chi connectivity index (χ1v) is 12.3. The number of rotatable bonds is 6. The fraction of sp³-hybridized carbons (Fsp3) is 0.120. The summed E-state index contributed by atoms with van der Waals surface area (Å²) in [6.45, 7) is 2.78. The maximum atomic E-state index is 12.9. The van der Waals surface area contributed by atoms with Crippen LogP contribution in [0.2, 0.25) is 15.1 Å². The van der Waals surface area contributed by atoms with E-state index in [4.69, 9.17) is 51.8 Å². The molecule has 168 valence electrons. The van der Waals surface area contributed by atoms with Crippen LogP contribution in [-0.2, 0) is 17.9 Å². The number of carbonyl (C=O) groups excluding carboxylic acids is 1. The SMILES string of the molecule is Cc1ccc(CN2C(=O)/C(=C/c3ccc(OCc4ccc(Cl)c(Cl)c4)c(Cl)c3)SC2=S)cc1. The zero-order valence-corrected chi connectivity index (χ0v) is 21.4. The van der Waals surface area contributed by atoms with E-state index in [1.165, 1.54) is 17.3 Å². The third-order valence-electron chi connectivity index (χ3n) is 4.97. The molecule has 0 spiro atoms. The summed E-state index contributed by atoms with van der Waals surface area (Å²) in [5.74, 6) is 0.424. The number of ether oxygens (including phenoxy) is 1. The van der Waals surface area contributed by atoms with Crippen molar-refractivity contribution in [2.24, 2.45) is 0 Å². The van der Waals surface area contributed by atoms with Gasteiger partial charge in [-0.1, -0.05) is 101 Å². The van der Waals surface area contributed by atoms with Crippen molar-refractivity contribution in [1.29, 1.82) is 0 Å². The zero-order valence-electron chi connectivity index (χ0n) is 17.5. The molecule has 8 heteroatoms. The highest BCUT2D eigenvalue weighted by molar-refractivity contribution is 8.26. The third-order valence-corrected chi connectivity index (χ3v) is 7.38. The molecule has 1 aliphatic rings. The molecule has 3 nitrogen and oxygen atoms in total. The van der Waals surface area contributed by atoms with Crippen LogP contribution in [0.4, 0.5) is 0 Å². The second-order valence-electron chi connectivity index (χ2n) is 7.48. The summed E-state index contributed by atoms with van der Waals surface area (Å²) in [6.07, 6.45) is 1.79. The highest BCUT2D eigenvalue weighted by Crippen LogP contribution is 2.35. The number of hydrogen-bond donors (Lipinski definition) is 0. The average molecular weight is 535 g/mol. The van der Waals surface area contributed by atoms with E-state index in [1.807, 2.05) is 43.3 Å². The molecule has 1 heterocycles. The molecule has 3 aromatic carbocycles. The van der Waals surface area contributed by atoms with E-state index in [0.29, 0.717) is 43.2 Å². The van der Waals surface area contributed by atoms with Gasteiger partial charge in [0.2, 0.25) is 0 Å². The van der Waals surface area contributed by atoms with Crippen LogP contribution in [0.15, 0.2) is 65.6 Å². The summed E-state index contributed by atoms with van der Waals surface area (Å²) in [6, 6.07) is 18.8. The van der Waals surface area contributed by atoms with Crippen LogP contribution in [0.3, 0.4) is 0 Å². The lowest BCUT2D eigenvalue weighted by Gasteiger charge is -2.14. The molecule has 0 radical (unpaired) electrons. The minimum atomic E-state index is -0.110. The van der Waals surface area contributed by atoms with E-state index >= 15 is 0 Å². The lowest BCUT2D eigenvalue weighted by Crippen LogP contribution is -2.27. The van der Waals surface area contributed by atoms with Gasteiger partial charge in [0.25, 0.3) is 5.91 Å². The molecule has 0 aliphatic carbocycles. The number of aryl methyl sites for hydroxylation is 1. The number of benzene rings is 3. The van der Waals surface area contributed by atoms with Gasteiger partial charge in [0.05, 0.1) is 26.5 Å². The average Bonchev–Trinajstić information content (AvgIpc) is 3.04. The van der Waals surface area contributed by atoms with E-state index < -0.39 is 0 Å². The second kappa shape index (κ2) is 10.5. The molecule has 0 aromatic heterocycles. The standard InChI is InChI=1S/C25H18Cl3NO2S2/c1-15-2-4-16(5-3-15)13-29-24(30)23(33-25(29)32)12-17-7-9-22(21(28)10-17)31-14-18-6-8-19(26)20(27)11-18/h2-12H,13-14H2,1H3/b23-12-. The maximum absolute atomic E-state index is 12.9. The van der Waals surface area contributed by atoms with Crippen molar-refractivity contribution in [3.63, 3.8) is 0 Å². The van der Waals surface area contributed by atoms with Crippen molar-refractivity contribution >= 4 is 75.1 Å². The van der Waals surface area contributed by atoms with Gasteiger partial charge in [-0.2, -0.15) is 0 Å². The van der Waals surface area contributed by atoms with E-state index in [2.05, 4.69) is 0 Å². The van der Waals surface area contributed by atoms with E-state index in [0.717, 1.165) is 16.7 Å². The number of hydrogen-bond acceptors (Lipinski definition) is 4. The Balaban J connectivity index is 1.44. The quantitative estimate of drug-likeness (QED) is 0.237. The van der Waals surface area contributed by atoms with Crippen LogP contribution in [0.5, 0.6) is 5.75 Å². The largest absolute Gasteiger partial charge is 0.487 e. The Bertz CT molecular complexity index is 1260. The maximum Gasteiger partial charge on any atom is 0.266 e. The summed E-state index contributed by atoms with van der Waals surface area (Å²) < 4.78 is 6.36. The van der Waals surface area contributed by atoms with Gasteiger partial charge in [0.15, 0.2) is 0 Å². The fourth-order valence-corrected chi connectivity index (χ4v) is 5.00. The van der Waals surface area contributed by atoms with Crippen LogP contribution in [0, 0.1) is 6.92 Å². The van der Waals surface area contributed by atoms with Crippen LogP contribution < -0.4 is 4.74 Å². The number of nitrogens with zero attached hydrogens (tertiary/aromatic N) is 1. The molecule has 1 saturated heterocycles. The Morgan fingerprint density at radius 3 is 2.36 bits per heavy atom. The van der Waals surface area contributed by atoms with Gasteiger partial charge >= 0.3 is 0 Å². The number of carbonyl (C=O) groups is 1. The molecule has 0 bridgehead atoms. The molecule has 3 aromatic rings. The van der Waals surface area contributed by atoms with E-state index in [1.54, 1.807) is 35.2 Å². The topological polar surface area (TPSA) is 29.5 Å². The molecular weight excluding hydrogens is 517 g/mol. The number of amides is 1. The first-order chi connectivity index (χ1) is 15.8. The predicted molar refractivity (Wildman–Crippen MR) is 142 cm³/mol. The molecule has 0 saturated carbocycles. The Morgan fingerprint density at radius 2 is 1.67 bits per heavy atom. The van der Waals surface area contributed by atoms with Gasteiger partial charge in [0, 0.05) is 0 Å². The van der Waals surface area contributed by atoms with Gasteiger partial charge in [-0.25, -0.2) is 0 Å². The fourth-order valence-electron chi connectivity index (χ4n) is 3.18. The predicted octanol–water partition coefficient (Wildman–Crippen LogP) is 7.94. The van der Waals surface area contributed by atoms with Crippen LogP contribution in [0.25, 0.3) is 6.08 Å². The lowest BCUT2D eigenvalue weighted by atomic mass is 10.1. The first kappa shape index (κ1) is 24.1. The minimum Gasteiger partial charge on any atom is -0.487 e. The summed E-state index contributed by atoms with van der Waals surface area (Å²) in [5, 5.41) is 1.41. The van der Waals surface area contributed by atoms with Gasteiger partial charge < -0.3 is 4.74 Å². The number of thioether (sulfide) groups is 1. The van der Waals surface area contributed by atoms with Crippen LogP contribution in [0.1, 0.15) is 22.3 Å². The lowest BCUT2D eigenvalue weighted by molar-refractivity contribution is -0.122. The van der Waals surface area contributed by atoms with Crippen molar-refractivity contribution < 1.29 is 9.53 Å². The van der Waals surface area contributed by atoms with Crippen molar-refractivity contribution in [2.45, 2.75) is 20.1 Å². The van der Waals surface area contributed by atoms with Crippen molar-refractivity contribution in [1.82, 2.24) is 4.90 Å². The molecule has 1 fully saturated rings. The Labute approximate surface area is 217 Å². The molecular formula is C25H18Cl3NO2S2. The number of halogens is 3. The van der Waals surface area contributed by atoms with Crippen molar-refractivity contribution in [2.75, 3.05) is 0 Å².